The molecule has 1 aromatic rings. The molecule has 0 unspecified atom stereocenters. The molecular weight excluding hydrogens is 160 g/mol. The van der Waals surface area contributed by atoms with Crippen LogP contribution in [0.3, 0.4) is 0 Å². The van der Waals surface area contributed by atoms with Gasteiger partial charge in [0, 0.05) is 0 Å². The molecule has 2 nitrogen and oxygen atoms in total. The highest BCUT2D eigenvalue weighted by molar-refractivity contribution is 6.25. The molecule has 0 heterocycles. The van der Waals surface area contributed by atoms with Crippen molar-refractivity contribution >= 4 is 17.8 Å². The zero-order valence-electron chi connectivity index (χ0n) is 5.66. The zero-order valence-corrected chi connectivity index (χ0v) is 6.42. The summed E-state index contributed by atoms with van der Waals surface area (Å²) >= 11 is 5.32. The Hall–Kier alpha value is -1.11. The average Bonchev–Trinajstić information content (AvgIpc) is 2.07. The van der Waals surface area contributed by atoms with E-state index < -0.39 is 0 Å². The second-order valence-corrected chi connectivity index (χ2v) is 2.15. The van der Waals surface area contributed by atoms with Crippen LogP contribution in [0, 0.1) is 5.88 Å². The van der Waals surface area contributed by atoms with Crippen LogP contribution < -0.4 is 0 Å². The second kappa shape index (κ2) is 3.91. The summed E-state index contributed by atoms with van der Waals surface area (Å²) in [6.07, 6.45) is 1.35. The molecule has 1 aromatic carbocycles. The van der Waals surface area contributed by atoms with E-state index in [1.165, 1.54) is 6.21 Å². The highest BCUT2D eigenvalue weighted by Crippen LogP contribution is 2.06. The molecule has 0 aliphatic carbocycles. The lowest BCUT2D eigenvalue weighted by Crippen LogP contribution is -1.81. The topological polar surface area (TPSA) is 36.4 Å². The molecule has 0 fully saturated rings. The van der Waals surface area contributed by atoms with Crippen LogP contribution in [-0.4, -0.2) is 11.0 Å². The molecule has 0 amide bonds. The molecule has 11 heavy (non-hydrogen) atoms. The van der Waals surface area contributed by atoms with E-state index in [4.69, 9.17) is 17.1 Å². The molecule has 2 radical (unpaired) electrons. The highest BCUT2D eigenvalue weighted by atomic mass is 35.5. The van der Waals surface area contributed by atoms with Crippen molar-refractivity contribution in [1.29, 1.82) is 0 Å². The van der Waals surface area contributed by atoms with Crippen LogP contribution in [0.2, 0.25) is 0 Å². The van der Waals surface area contributed by atoms with Gasteiger partial charge in [-0.3, -0.25) is 0 Å². The summed E-state index contributed by atoms with van der Waals surface area (Å²) in [4.78, 5) is 2.88. The Kier molecular flexibility index (Phi) is 2.84. The van der Waals surface area contributed by atoms with Gasteiger partial charge in [-0.25, -0.2) is 0 Å². The molecule has 0 saturated heterocycles. The predicted octanol–water partition coefficient (Wildman–Crippen LogP) is 1.96. The third-order valence-electron chi connectivity index (χ3n) is 1.23. The minimum atomic E-state index is 0.807. The standard InChI is InChI=1S/C8H5ClN2/c9-5-7-1-3-8(4-2-7)6-11-10/h1-4,6H. The zero-order chi connectivity index (χ0) is 8.10. The Morgan fingerprint density at radius 3 is 2.45 bits per heavy atom. The molecule has 0 atom stereocenters. The van der Waals surface area contributed by atoms with Gasteiger partial charge in [0.25, 0.3) is 6.21 Å². The smallest absolute Gasteiger partial charge is 0.287 e. The molecule has 54 valence electrons. The normalized spacial score (nSPS) is 8.82. The fraction of sp³-hybridized carbons (Fsp3) is 0. The van der Waals surface area contributed by atoms with Crippen LogP contribution in [0.5, 0.6) is 0 Å². The maximum Gasteiger partial charge on any atom is 0.287 e. The van der Waals surface area contributed by atoms with Gasteiger partial charge in [-0.05, 0) is 17.7 Å². The fourth-order valence-corrected chi connectivity index (χ4v) is 0.825. The quantitative estimate of drug-likeness (QED) is 0.364. The Balaban J connectivity index is 2.91. The lowest BCUT2D eigenvalue weighted by molar-refractivity contribution is 0.00456. The second-order valence-electron chi connectivity index (χ2n) is 1.96. The van der Waals surface area contributed by atoms with Gasteiger partial charge in [-0.1, -0.05) is 12.1 Å². The maximum atomic E-state index is 8.17. The molecule has 0 aliphatic heterocycles. The maximum absolute atomic E-state index is 8.17. The molecule has 0 aliphatic rings. The van der Waals surface area contributed by atoms with Gasteiger partial charge in [0.1, 0.15) is 5.88 Å². The van der Waals surface area contributed by atoms with Crippen LogP contribution in [0.4, 0.5) is 0 Å². The van der Waals surface area contributed by atoms with E-state index >= 15 is 0 Å². The Bertz CT molecular complexity index is 273. The van der Waals surface area contributed by atoms with Crippen molar-refractivity contribution in [3.05, 3.63) is 46.8 Å². The van der Waals surface area contributed by atoms with Crippen molar-refractivity contribution in [3.63, 3.8) is 0 Å². The summed E-state index contributed by atoms with van der Waals surface area (Å²) in [6.45, 7) is 0. The summed E-state index contributed by atoms with van der Waals surface area (Å²) in [7, 11) is 0. The Labute approximate surface area is 70.0 Å². The van der Waals surface area contributed by atoms with Crippen LogP contribution in [0.15, 0.2) is 24.3 Å². The van der Waals surface area contributed by atoms with E-state index in [1.807, 2.05) is 0 Å². The molecule has 3 heteroatoms. The Morgan fingerprint density at radius 2 is 2.00 bits per heavy atom. The summed E-state index contributed by atoms with van der Waals surface area (Å²) in [5.41, 5.74) is 9.80. The van der Waals surface area contributed by atoms with Crippen molar-refractivity contribution in [2.24, 2.45) is 0 Å². The van der Waals surface area contributed by atoms with Crippen LogP contribution >= 0.6 is 11.6 Å². The molecule has 0 N–H and O–H groups in total. The first-order valence-corrected chi connectivity index (χ1v) is 3.39. The SMILES string of the molecule is [N-]=[N+]=Cc1ccc([C]Cl)cc1. The monoisotopic (exact) mass is 164 g/mol. The van der Waals surface area contributed by atoms with Gasteiger partial charge in [0.2, 0.25) is 0 Å². The third kappa shape index (κ3) is 2.19. The van der Waals surface area contributed by atoms with Gasteiger partial charge in [-0.2, -0.15) is 4.79 Å². The molecule has 0 saturated carbocycles. The fourth-order valence-electron chi connectivity index (χ4n) is 0.699. The lowest BCUT2D eigenvalue weighted by atomic mass is 10.2. The molecule has 0 bridgehead atoms. The van der Waals surface area contributed by atoms with Gasteiger partial charge in [-0.15, -0.1) is 11.6 Å². The number of hydrogen-bond donors (Lipinski definition) is 0. The van der Waals surface area contributed by atoms with Gasteiger partial charge in [0.15, 0.2) is 0 Å². The van der Waals surface area contributed by atoms with Crippen molar-refractivity contribution < 1.29 is 4.79 Å². The average molecular weight is 165 g/mol. The molecule has 0 aromatic heterocycles. The van der Waals surface area contributed by atoms with E-state index in [0.29, 0.717) is 0 Å². The highest BCUT2D eigenvalue weighted by Gasteiger charge is 1.93. The number of nitrogens with zero attached hydrogens (tertiary/aromatic N) is 2. The Morgan fingerprint density at radius 1 is 1.36 bits per heavy atom. The van der Waals surface area contributed by atoms with Crippen LogP contribution in [-0.2, 0) is 0 Å². The van der Waals surface area contributed by atoms with E-state index in [-0.39, 0.29) is 0 Å². The molecular formula is C8H5ClN2. The van der Waals surface area contributed by atoms with Crippen molar-refractivity contribution in [1.82, 2.24) is 0 Å². The first-order chi connectivity index (χ1) is 5.36. The van der Waals surface area contributed by atoms with Gasteiger partial charge in [0.05, 0.1) is 5.56 Å². The molecule has 1 rings (SSSR count). The first-order valence-electron chi connectivity index (χ1n) is 3.01. The van der Waals surface area contributed by atoms with Crippen LogP contribution in [0.25, 0.3) is 5.53 Å². The minimum Gasteiger partial charge on any atom is -0.361 e. The van der Waals surface area contributed by atoms with E-state index in [9.17, 15) is 0 Å². The summed E-state index contributed by atoms with van der Waals surface area (Å²) in [6, 6.07) is 7.13. The van der Waals surface area contributed by atoms with Crippen molar-refractivity contribution in [2.45, 2.75) is 0 Å². The summed E-state index contributed by atoms with van der Waals surface area (Å²) in [5.74, 6) is 2.46. The summed E-state index contributed by atoms with van der Waals surface area (Å²) < 4.78 is 0. The lowest BCUT2D eigenvalue weighted by Gasteiger charge is -1.90. The van der Waals surface area contributed by atoms with Gasteiger partial charge < -0.3 is 5.53 Å². The van der Waals surface area contributed by atoms with E-state index in [0.717, 1.165) is 11.1 Å². The van der Waals surface area contributed by atoms with Crippen LogP contribution in [0.1, 0.15) is 11.1 Å². The number of halogens is 1. The third-order valence-corrected chi connectivity index (χ3v) is 1.44. The van der Waals surface area contributed by atoms with Crippen molar-refractivity contribution in [2.75, 3.05) is 0 Å². The summed E-state index contributed by atoms with van der Waals surface area (Å²) in [5, 5.41) is 0. The number of hydrogen-bond acceptors (Lipinski definition) is 0. The largest absolute Gasteiger partial charge is 0.361 e. The number of rotatable bonds is 2. The van der Waals surface area contributed by atoms with E-state index in [2.05, 4.69) is 10.7 Å². The minimum absolute atomic E-state index is 0.807. The first kappa shape index (κ1) is 7.99. The predicted molar refractivity (Wildman–Crippen MR) is 43.4 cm³/mol. The van der Waals surface area contributed by atoms with Gasteiger partial charge >= 0.3 is 0 Å². The number of benzene rings is 1. The van der Waals surface area contributed by atoms with Crippen molar-refractivity contribution in [3.8, 4) is 0 Å². The van der Waals surface area contributed by atoms with E-state index in [1.54, 1.807) is 24.3 Å². The molecule has 0 spiro atoms.